The summed E-state index contributed by atoms with van der Waals surface area (Å²) in [5.74, 6) is 0. The van der Waals surface area contributed by atoms with E-state index in [1.807, 2.05) is 36.4 Å². The topological polar surface area (TPSA) is 82.0 Å². The van der Waals surface area contributed by atoms with Crippen molar-refractivity contribution in [2.24, 2.45) is 0 Å². The Balaban J connectivity index is 1.69. The van der Waals surface area contributed by atoms with Crippen LogP contribution in [0.15, 0.2) is 64.2 Å². The van der Waals surface area contributed by atoms with Gasteiger partial charge in [-0.3, -0.25) is 9.59 Å². The minimum atomic E-state index is -0.542. The fraction of sp³-hybridized carbons (Fsp3) is 0.105. The first-order valence-electron chi connectivity index (χ1n) is 7.57. The SMILES string of the molecule is N#Cc1cccc(Nc2c(NCCc3ccccc3)c(=O)c2=O)c1. The molecule has 0 radical (unpaired) electrons. The highest BCUT2D eigenvalue weighted by molar-refractivity contribution is 5.78. The summed E-state index contributed by atoms with van der Waals surface area (Å²) in [7, 11) is 0. The average molecular weight is 317 g/mol. The second kappa shape index (κ2) is 6.80. The molecule has 0 atom stereocenters. The van der Waals surface area contributed by atoms with Crippen molar-refractivity contribution in [3.05, 3.63) is 86.2 Å². The molecule has 3 aromatic rings. The molecule has 0 saturated heterocycles. The molecule has 0 unspecified atom stereocenters. The molecule has 0 saturated carbocycles. The molecule has 5 heteroatoms. The number of nitrogens with zero attached hydrogens (tertiary/aromatic N) is 1. The first-order chi connectivity index (χ1) is 11.7. The van der Waals surface area contributed by atoms with E-state index in [9.17, 15) is 9.59 Å². The lowest BCUT2D eigenvalue weighted by atomic mass is 10.1. The molecule has 3 aromatic carbocycles. The number of nitrogens with one attached hydrogen (secondary N) is 2. The Hall–Kier alpha value is -3.39. The quantitative estimate of drug-likeness (QED) is 0.683. The Morgan fingerprint density at radius 3 is 2.42 bits per heavy atom. The monoisotopic (exact) mass is 317 g/mol. The first-order valence-corrected chi connectivity index (χ1v) is 7.57. The molecule has 0 heterocycles. The molecule has 2 N–H and O–H groups in total. The maximum atomic E-state index is 11.8. The molecule has 0 aliphatic heterocycles. The summed E-state index contributed by atoms with van der Waals surface area (Å²) in [4.78, 5) is 23.6. The summed E-state index contributed by atoms with van der Waals surface area (Å²) in [5.41, 5.74) is 1.74. The second-order valence-corrected chi connectivity index (χ2v) is 5.39. The zero-order valence-corrected chi connectivity index (χ0v) is 12.9. The molecule has 24 heavy (non-hydrogen) atoms. The van der Waals surface area contributed by atoms with Crippen LogP contribution in [0.3, 0.4) is 0 Å². The van der Waals surface area contributed by atoms with Crippen molar-refractivity contribution in [1.29, 1.82) is 5.26 Å². The third-order valence-corrected chi connectivity index (χ3v) is 3.73. The maximum absolute atomic E-state index is 11.8. The summed E-state index contributed by atoms with van der Waals surface area (Å²) >= 11 is 0. The van der Waals surface area contributed by atoms with Crippen LogP contribution in [0.25, 0.3) is 0 Å². The van der Waals surface area contributed by atoms with Gasteiger partial charge >= 0.3 is 0 Å². The van der Waals surface area contributed by atoms with E-state index in [-0.39, 0.29) is 5.69 Å². The standard InChI is InChI=1S/C19H15N3O2/c20-12-14-7-4-8-15(11-14)22-17-16(18(23)19(17)24)21-10-9-13-5-2-1-3-6-13/h1-8,11,21-22H,9-10H2. The van der Waals surface area contributed by atoms with Gasteiger partial charge in [0.2, 0.25) is 0 Å². The van der Waals surface area contributed by atoms with Crippen LogP contribution in [0, 0.1) is 11.3 Å². The van der Waals surface area contributed by atoms with Gasteiger partial charge in [-0.1, -0.05) is 36.4 Å². The minimum Gasteiger partial charge on any atom is -0.380 e. The van der Waals surface area contributed by atoms with Crippen LogP contribution in [0.2, 0.25) is 0 Å². The van der Waals surface area contributed by atoms with Crippen molar-refractivity contribution in [1.82, 2.24) is 0 Å². The van der Waals surface area contributed by atoms with E-state index in [4.69, 9.17) is 5.26 Å². The summed E-state index contributed by atoms with van der Waals surface area (Å²) in [6.45, 7) is 0.557. The largest absolute Gasteiger partial charge is 0.380 e. The molecule has 0 aliphatic rings. The van der Waals surface area contributed by atoms with Crippen LogP contribution >= 0.6 is 0 Å². The predicted molar refractivity (Wildman–Crippen MR) is 94.4 cm³/mol. The van der Waals surface area contributed by atoms with Crippen LogP contribution in [0.1, 0.15) is 11.1 Å². The predicted octanol–water partition coefficient (Wildman–Crippen LogP) is 2.55. The molecule has 3 rings (SSSR count). The van der Waals surface area contributed by atoms with Crippen molar-refractivity contribution in [2.45, 2.75) is 6.42 Å². The molecule has 0 aliphatic carbocycles. The first kappa shape index (κ1) is 15.5. The third kappa shape index (κ3) is 3.18. The van der Waals surface area contributed by atoms with E-state index in [0.717, 1.165) is 12.0 Å². The Morgan fingerprint density at radius 1 is 0.917 bits per heavy atom. The highest BCUT2D eigenvalue weighted by atomic mass is 16.2. The molecule has 0 amide bonds. The van der Waals surface area contributed by atoms with Crippen molar-refractivity contribution in [3.8, 4) is 6.07 Å². The Bertz CT molecular complexity index is 964. The van der Waals surface area contributed by atoms with E-state index in [0.29, 0.717) is 23.5 Å². The molecule has 0 spiro atoms. The highest BCUT2D eigenvalue weighted by Crippen LogP contribution is 2.21. The van der Waals surface area contributed by atoms with Gasteiger partial charge in [-0.25, -0.2) is 0 Å². The molecular weight excluding hydrogens is 302 g/mol. The second-order valence-electron chi connectivity index (χ2n) is 5.39. The Morgan fingerprint density at radius 2 is 1.67 bits per heavy atom. The Labute approximate surface area is 138 Å². The number of anilines is 3. The van der Waals surface area contributed by atoms with Gasteiger partial charge in [0, 0.05) is 12.2 Å². The fourth-order valence-electron chi connectivity index (χ4n) is 2.47. The van der Waals surface area contributed by atoms with Crippen LogP contribution in [-0.4, -0.2) is 6.54 Å². The van der Waals surface area contributed by atoms with E-state index in [1.165, 1.54) is 0 Å². The molecule has 0 aromatic heterocycles. The molecule has 5 nitrogen and oxygen atoms in total. The lowest BCUT2D eigenvalue weighted by Gasteiger charge is -2.15. The lowest BCUT2D eigenvalue weighted by Crippen LogP contribution is -2.37. The number of rotatable bonds is 6. The van der Waals surface area contributed by atoms with Crippen LogP contribution in [-0.2, 0) is 6.42 Å². The Kier molecular flexibility index (Phi) is 4.39. The van der Waals surface area contributed by atoms with Crippen molar-refractivity contribution >= 4 is 17.1 Å². The van der Waals surface area contributed by atoms with Crippen molar-refractivity contribution in [3.63, 3.8) is 0 Å². The third-order valence-electron chi connectivity index (χ3n) is 3.73. The van der Waals surface area contributed by atoms with E-state index in [1.54, 1.807) is 24.3 Å². The van der Waals surface area contributed by atoms with Crippen LogP contribution in [0.4, 0.5) is 17.1 Å². The van der Waals surface area contributed by atoms with Crippen LogP contribution in [0.5, 0.6) is 0 Å². The number of benzene rings is 2. The van der Waals surface area contributed by atoms with Gasteiger partial charge in [0.05, 0.1) is 11.6 Å². The number of nitriles is 1. The normalized spacial score (nSPS) is 10.3. The van der Waals surface area contributed by atoms with Gasteiger partial charge in [0.15, 0.2) is 0 Å². The maximum Gasteiger partial charge on any atom is 0.253 e. The van der Waals surface area contributed by atoms with Gasteiger partial charge in [-0.15, -0.1) is 0 Å². The van der Waals surface area contributed by atoms with Gasteiger partial charge in [-0.05, 0) is 30.2 Å². The van der Waals surface area contributed by atoms with E-state index in [2.05, 4.69) is 10.6 Å². The highest BCUT2D eigenvalue weighted by Gasteiger charge is 2.20. The average Bonchev–Trinajstić information content (AvgIpc) is 2.64. The molecule has 0 fully saturated rings. The number of hydrogen-bond acceptors (Lipinski definition) is 5. The zero-order chi connectivity index (χ0) is 16.9. The van der Waals surface area contributed by atoms with Gasteiger partial charge in [-0.2, -0.15) is 5.26 Å². The van der Waals surface area contributed by atoms with Crippen LogP contribution < -0.4 is 21.5 Å². The zero-order valence-electron chi connectivity index (χ0n) is 12.9. The lowest BCUT2D eigenvalue weighted by molar-refractivity contribution is 1.01. The minimum absolute atomic E-state index is 0.253. The fourth-order valence-corrected chi connectivity index (χ4v) is 2.47. The molecule has 118 valence electrons. The summed E-state index contributed by atoms with van der Waals surface area (Å²) < 4.78 is 0. The summed E-state index contributed by atoms with van der Waals surface area (Å²) in [5, 5.41) is 14.9. The van der Waals surface area contributed by atoms with Crippen molar-refractivity contribution in [2.75, 3.05) is 17.2 Å². The smallest absolute Gasteiger partial charge is 0.253 e. The van der Waals surface area contributed by atoms with Crippen molar-refractivity contribution < 1.29 is 0 Å². The summed E-state index contributed by atoms with van der Waals surface area (Å²) in [6, 6.07) is 18.7. The number of hydrogen-bond donors (Lipinski definition) is 2. The van der Waals surface area contributed by atoms with E-state index >= 15 is 0 Å². The van der Waals surface area contributed by atoms with Gasteiger partial charge in [0.25, 0.3) is 10.9 Å². The molecular formula is C19H15N3O2. The summed E-state index contributed by atoms with van der Waals surface area (Å²) in [6.07, 6.45) is 0.753. The molecule has 0 bridgehead atoms. The van der Waals surface area contributed by atoms with Gasteiger partial charge < -0.3 is 10.6 Å². The van der Waals surface area contributed by atoms with Gasteiger partial charge in [0.1, 0.15) is 11.4 Å². The van der Waals surface area contributed by atoms with E-state index < -0.39 is 10.9 Å².